The first kappa shape index (κ1) is 26.4. The zero-order valence-electron chi connectivity index (χ0n) is 21.0. The van der Waals surface area contributed by atoms with E-state index in [9.17, 15) is 4.79 Å². The van der Waals surface area contributed by atoms with Crippen molar-refractivity contribution in [3.05, 3.63) is 96.3 Å². The molecule has 2 aliphatic carbocycles. The Morgan fingerprint density at radius 2 is 1.66 bits per heavy atom. The first-order valence-corrected chi connectivity index (χ1v) is 12.4. The van der Waals surface area contributed by atoms with Gasteiger partial charge in [-0.1, -0.05) is 92.2 Å². The number of carbonyl (C=O) groups is 1. The maximum Gasteiger partial charge on any atom is 0.134 e. The number of aliphatic hydroxyl groups is 1. The van der Waals surface area contributed by atoms with Crippen molar-refractivity contribution < 1.29 is 14.3 Å². The number of hydrogen-bond acceptors (Lipinski definition) is 4. The predicted molar refractivity (Wildman–Crippen MR) is 144 cm³/mol. The largest absolute Gasteiger partial charge is 0.461 e. The highest BCUT2D eigenvalue weighted by Gasteiger charge is 2.34. The molecule has 4 nitrogen and oxygen atoms in total. The molecule has 3 aromatic rings. The Hall–Kier alpha value is -3.21. The average molecular weight is 472 g/mol. The lowest BCUT2D eigenvalue weighted by Gasteiger charge is -2.03. The Balaban J connectivity index is 0.000000186. The van der Waals surface area contributed by atoms with Crippen LogP contribution < -0.4 is 5.32 Å². The van der Waals surface area contributed by atoms with E-state index in [0.717, 1.165) is 29.4 Å². The molecule has 2 atom stereocenters. The molecule has 1 aromatic heterocycles. The van der Waals surface area contributed by atoms with E-state index < -0.39 is 0 Å². The molecule has 4 heteroatoms. The van der Waals surface area contributed by atoms with E-state index in [1.807, 2.05) is 42.5 Å². The molecule has 0 aliphatic heterocycles. The van der Waals surface area contributed by atoms with Gasteiger partial charge in [-0.3, -0.25) is 0 Å². The van der Waals surface area contributed by atoms with Gasteiger partial charge < -0.3 is 19.6 Å². The third kappa shape index (κ3) is 8.82. The van der Waals surface area contributed by atoms with Crippen molar-refractivity contribution in [2.45, 2.75) is 39.7 Å². The molecule has 184 valence electrons. The number of rotatable bonds is 7. The molecule has 0 spiro atoms. The SMILES string of the molecule is CC(C)NCCO.CC1=CC2CC2C=C1.O=CCc1ccc(-c2ccc(-c3ccccc3)cc2)o1. The second kappa shape index (κ2) is 13.6. The number of allylic oxidation sites excluding steroid dienone is 4. The summed E-state index contributed by atoms with van der Waals surface area (Å²) >= 11 is 0. The quantitative estimate of drug-likeness (QED) is 0.388. The van der Waals surface area contributed by atoms with E-state index in [1.54, 1.807) is 0 Å². The summed E-state index contributed by atoms with van der Waals surface area (Å²) < 4.78 is 5.62. The van der Waals surface area contributed by atoms with Gasteiger partial charge in [-0.25, -0.2) is 0 Å². The van der Waals surface area contributed by atoms with Crippen LogP contribution in [0.4, 0.5) is 0 Å². The van der Waals surface area contributed by atoms with Gasteiger partial charge in [0.2, 0.25) is 0 Å². The van der Waals surface area contributed by atoms with E-state index in [0.29, 0.717) is 24.8 Å². The average Bonchev–Trinajstić information content (AvgIpc) is 3.50. The van der Waals surface area contributed by atoms with Crippen LogP contribution in [0.3, 0.4) is 0 Å². The van der Waals surface area contributed by atoms with Gasteiger partial charge in [0.1, 0.15) is 17.8 Å². The minimum absolute atomic E-state index is 0.234. The topological polar surface area (TPSA) is 62.5 Å². The Bertz CT molecular complexity index is 1090. The Morgan fingerprint density at radius 3 is 2.23 bits per heavy atom. The number of aliphatic hydroxyl groups excluding tert-OH is 1. The van der Waals surface area contributed by atoms with Gasteiger partial charge in [-0.05, 0) is 48.4 Å². The van der Waals surface area contributed by atoms with Crippen molar-refractivity contribution in [2.24, 2.45) is 11.8 Å². The van der Waals surface area contributed by atoms with Gasteiger partial charge in [0, 0.05) is 18.2 Å². The lowest BCUT2D eigenvalue weighted by molar-refractivity contribution is -0.107. The van der Waals surface area contributed by atoms with Gasteiger partial charge in [0.25, 0.3) is 0 Å². The highest BCUT2D eigenvalue weighted by molar-refractivity contribution is 5.68. The molecular weight excluding hydrogens is 434 g/mol. The first-order chi connectivity index (χ1) is 17.0. The summed E-state index contributed by atoms with van der Waals surface area (Å²) in [6.45, 7) is 7.21. The van der Waals surface area contributed by atoms with Crippen LogP contribution in [0.5, 0.6) is 0 Å². The molecule has 1 saturated carbocycles. The standard InChI is InChI=1S/C18H14O2.C8H10.C5H13NO/c19-13-12-17-10-11-18(20-17)16-8-6-15(7-9-16)14-4-2-1-3-5-14;1-6-2-3-7-5-8(7)4-6;1-5(2)6-3-4-7/h1-11,13H,12H2;2-4,7-8H,5H2,1H3;5-7H,3-4H2,1-2H3. The molecule has 35 heavy (non-hydrogen) atoms. The second-order valence-electron chi connectivity index (χ2n) is 9.25. The van der Waals surface area contributed by atoms with Gasteiger partial charge in [-0.2, -0.15) is 0 Å². The molecule has 2 unspecified atom stereocenters. The fourth-order valence-corrected chi connectivity index (χ4v) is 3.85. The smallest absolute Gasteiger partial charge is 0.134 e. The summed E-state index contributed by atoms with van der Waals surface area (Å²) in [5, 5.41) is 11.3. The van der Waals surface area contributed by atoms with Crippen molar-refractivity contribution in [3.63, 3.8) is 0 Å². The van der Waals surface area contributed by atoms with Crippen molar-refractivity contribution in [1.82, 2.24) is 5.32 Å². The van der Waals surface area contributed by atoms with Crippen LogP contribution in [0.2, 0.25) is 0 Å². The number of aldehydes is 1. The van der Waals surface area contributed by atoms with Gasteiger partial charge >= 0.3 is 0 Å². The fraction of sp³-hybridized carbons (Fsp3) is 0.323. The summed E-state index contributed by atoms with van der Waals surface area (Å²) in [4.78, 5) is 10.5. The van der Waals surface area contributed by atoms with Crippen LogP contribution >= 0.6 is 0 Å². The molecule has 0 radical (unpaired) electrons. The summed E-state index contributed by atoms with van der Waals surface area (Å²) in [7, 11) is 0. The number of benzene rings is 2. The molecule has 2 aromatic carbocycles. The maximum atomic E-state index is 10.5. The number of hydrogen-bond donors (Lipinski definition) is 2. The monoisotopic (exact) mass is 471 g/mol. The summed E-state index contributed by atoms with van der Waals surface area (Å²) in [5.41, 5.74) is 4.83. The van der Waals surface area contributed by atoms with Crippen LogP contribution in [0.15, 0.2) is 94.9 Å². The predicted octanol–water partition coefficient (Wildman–Crippen LogP) is 6.47. The molecular formula is C31H37NO3. The lowest BCUT2D eigenvalue weighted by Crippen LogP contribution is -2.25. The molecule has 0 saturated heterocycles. The van der Waals surface area contributed by atoms with Crippen molar-refractivity contribution in [3.8, 4) is 22.5 Å². The van der Waals surface area contributed by atoms with Crippen LogP contribution in [-0.4, -0.2) is 30.6 Å². The lowest BCUT2D eigenvalue weighted by atomic mass is 10.0. The van der Waals surface area contributed by atoms with Crippen LogP contribution in [-0.2, 0) is 11.2 Å². The number of fused-ring (bicyclic) bond motifs is 1. The molecule has 2 aliphatic rings. The van der Waals surface area contributed by atoms with Gasteiger partial charge in [0.05, 0.1) is 13.0 Å². The molecule has 2 N–H and O–H groups in total. The van der Waals surface area contributed by atoms with Gasteiger partial charge in [0.15, 0.2) is 0 Å². The molecule has 1 heterocycles. The van der Waals surface area contributed by atoms with Crippen LogP contribution in [0, 0.1) is 11.8 Å². The van der Waals surface area contributed by atoms with Crippen LogP contribution in [0.1, 0.15) is 33.0 Å². The zero-order chi connectivity index (χ0) is 25.0. The summed E-state index contributed by atoms with van der Waals surface area (Å²) in [5.74, 6) is 3.35. The van der Waals surface area contributed by atoms with Crippen LogP contribution in [0.25, 0.3) is 22.5 Å². The Labute approximate surface area is 209 Å². The Morgan fingerprint density at radius 1 is 0.971 bits per heavy atom. The Kier molecular flexibility index (Phi) is 10.3. The van der Waals surface area contributed by atoms with E-state index in [1.165, 1.54) is 23.1 Å². The molecule has 0 amide bonds. The second-order valence-corrected chi connectivity index (χ2v) is 9.25. The third-order valence-electron chi connectivity index (χ3n) is 5.86. The first-order valence-electron chi connectivity index (χ1n) is 12.4. The van der Waals surface area contributed by atoms with E-state index >= 15 is 0 Å². The van der Waals surface area contributed by atoms with E-state index in [2.05, 4.69) is 68.6 Å². The normalized spacial score (nSPS) is 17.3. The summed E-state index contributed by atoms with van der Waals surface area (Å²) in [6.07, 6.45) is 9.52. The van der Waals surface area contributed by atoms with E-state index in [4.69, 9.17) is 9.52 Å². The fourth-order valence-electron chi connectivity index (χ4n) is 3.85. The molecule has 1 fully saturated rings. The summed E-state index contributed by atoms with van der Waals surface area (Å²) in [6, 6.07) is 22.7. The minimum Gasteiger partial charge on any atom is -0.461 e. The third-order valence-corrected chi connectivity index (χ3v) is 5.86. The van der Waals surface area contributed by atoms with Gasteiger partial charge in [-0.15, -0.1) is 0 Å². The number of nitrogens with one attached hydrogen (secondary N) is 1. The van der Waals surface area contributed by atoms with Crippen molar-refractivity contribution >= 4 is 6.29 Å². The highest BCUT2D eigenvalue weighted by Crippen LogP contribution is 2.44. The molecule has 0 bridgehead atoms. The maximum absolute atomic E-state index is 10.5. The van der Waals surface area contributed by atoms with Crippen molar-refractivity contribution in [1.29, 1.82) is 0 Å². The highest BCUT2D eigenvalue weighted by atomic mass is 16.3. The number of furan rings is 1. The van der Waals surface area contributed by atoms with Crippen molar-refractivity contribution in [2.75, 3.05) is 13.2 Å². The van der Waals surface area contributed by atoms with E-state index in [-0.39, 0.29) is 6.61 Å². The molecule has 5 rings (SSSR count). The minimum atomic E-state index is 0.234. The number of carbonyl (C=O) groups excluding carboxylic acids is 1. The zero-order valence-corrected chi connectivity index (χ0v) is 21.0.